The fourth-order valence-electron chi connectivity index (χ4n) is 3.54. The molecule has 1 aromatic heterocycles. The zero-order chi connectivity index (χ0) is 15.1. The smallest absolute Gasteiger partial charge is 0.0838 e. The lowest BCUT2D eigenvalue weighted by Gasteiger charge is -2.45. The van der Waals surface area contributed by atoms with Gasteiger partial charge in [-0.3, -0.25) is 0 Å². The Labute approximate surface area is 134 Å². The third-order valence-electron chi connectivity index (χ3n) is 4.85. The van der Waals surface area contributed by atoms with E-state index in [4.69, 9.17) is 4.74 Å². The molecule has 1 atom stereocenters. The Morgan fingerprint density at radius 3 is 2.71 bits per heavy atom. The molecular weight excluding hydrogens is 278 g/mol. The van der Waals surface area contributed by atoms with Crippen molar-refractivity contribution in [2.45, 2.75) is 70.9 Å². The van der Waals surface area contributed by atoms with Gasteiger partial charge in [0.2, 0.25) is 0 Å². The zero-order valence-electron chi connectivity index (χ0n) is 13.9. The van der Waals surface area contributed by atoms with Gasteiger partial charge in [0.05, 0.1) is 5.60 Å². The summed E-state index contributed by atoms with van der Waals surface area (Å²) in [6.07, 6.45) is 7.28. The minimum absolute atomic E-state index is 0.0400. The summed E-state index contributed by atoms with van der Waals surface area (Å²) in [5.74, 6) is 0.853. The normalized spacial score (nSPS) is 27.7. The van der Waals surface area contributed by atoms with Gasteiger partial charge >= 0.3 is 0 Å². The lowest BCUT2D eigenvalue weighted by molar-refractivity contribution is -0.0960. The van der Waals surface area contributed by atoms with Crippen LogP contribution in [0.1, 0.15) is 58.4 Å². The van der Waals surface area contributed by atoms with Gasteiger partial charge in [-0.25, -0.2) is 0 Å². The summed E-state index contributed by atoms with van der Waals surface area (Å²) in [6.45, 7) is 8.66. The maximum atomic E-state index is 6.37. The highest BCUT2D eigenvalue weighted by Crippen LogP contribution is 2.38. The average Bonchev–Trinajstić information content (AvgIpc) is 2.99. The van der Waals surface area contributed by atoms with Crippen molar-refractivity contribution in [3.05, 3.63) is 22.4 Å². The number of nitrogens with one attached hydrogen (secondary N) is 1. The molecule has 1 unspecified atom stereocenters. The first kappa shape index (κ1) is 17.0. The third-order valence-corrected chi connectivity index (χ3v) is 5.58. The summed E-state index contributed by atoms with van der Waals surface area (Å²) in [4.78, 5) is 0. The highest BCUT2D eigenvalue weighted by atomic mass is 32.1. The van der Waals surface area contributed by atoms with Gasteiger partial charge in [0.15, 0.2) is 0 Å². The second kappa shape index (κ2) is 8.30. The maximum Gasteiger partial charge on any atom is 0.0838 e. The van der Waals surface area contributed by atoms with Crippen molar-refractivity contribution in [1.29, 1.82) is 0 Å². The molecule has 1 fully saturated rings. The molecule has 1 aliphatic rings. The van der Waals surface area contributed by atoms with Crippen LogP contribution in [-0.2, 0) is 11.2 Å². The van der Waals surface area contributed by atoms with Crippen molar-refractivity contribution in [2.75, 3.05) is 13.2 Å². The van der Waals surface area contributed by atoms with Gasteiger partial charge in [0.1, 0.15) is 0 Å². The molecule has 0 saturated heterocycles. The van der Waals surface area contributed by atoms with Gasteiger partial charge in [-0.1, -0.05) is 13.8 Å². The Kier molecular flexibility index (Phi) is 6.72. The molecule has 1 saturated carbocycles. The molecule has 2 nitrogen and oxygen atoms in total. The first-order valence-corrected chi connectivity index (χ1v) is 9.53. The van der Waals surface area contributed by atoms with Crippen molar-refractivity contribution in [2.24, 2.45) is 5.92 Å². The molecule has 0 aliphatic heterocycles. The Balaban J connectivity index is 2.13. The highest BCUT2D eigenvalue weighted by molar-refractivity contribution is 7.07. The molecule has 0 radical (unpaired) electrons. The topological polar surface area (TPSA) is 21.3 Å². The molecule has 21 heavy (non-hydrogen) atoms. The van der Waals surface area contributed by atoms with E-state index >= 15 is 0 Å². The summed E-state index contributed by atoms with van der Waals surface area (Å²) in [5, 5.41) is 8.26. The molecule has 1 aliphatic carbocycles. The highest BCUT2D eigenvalue weighted by Gasteiger charge is 2.41. The summed E-state index contributed by atoms with van der Waals surface area (Å²) in [7, 11) is 0. The predicted octanol–water partition coefficient (Wildman–Crippen LogP) is 4.64. The molecule has 1 heterocycles. The summed E-state index contributed by atoms with van der Waals surface area (Å²) < 4.78 is 6.37. The Morgan fingerprint density at radius 1 is 1.38 bits per heavy atom. The second-order valence-corrected chi connectivity index (χ2v) is 7.30. The molecule has 3 heteroatoms. The lowest BCUT2D eigenvalue weighted by Crippen LogP contribution is -2.55. The molecule has 0 bridgehead atoms. The number of rotatable bonds is 8. The second-order valence-electron chi connectivity index (χ2n) is 6.52. The molecule has 0 amide bonds. The largest absolute Gasteiger partial charge is 0.374 e. The van der Waals surface area contributed by atoms with E-state index < -0.39 is 0 Å². The van der Waals surface area contributed by atoms with E-state index in [1.165, 1.54) is 37.7 Å². The van der Waals surface area contributed by atoms with Crippen LogP contribution in [0.4, 0.5) is 0 Å². The minimum Gasteiger partial charge on any atom is -0.374 e. The summed E-state index contributed by atoms with van der Waals surface area (Å²) >= 11 is 1.80. The number of thiophene rings is 1. The number of hydrogen-bond donors (Lipinski definition) is 1. The standard InChI is InChI=1S/C18H31NOS/c1-4-11-19-17(13-16-8-12-21-14-16)18(20-5-2)9-6-15(3)7-10-18/h8,12,14-15,17,19H,4-7,9-11,13H2,1-3H3. The fourth-order valence-corrected chi connectivity index (χ4v) is 4.22. The van der Waals surface area contributed by atoms with E-state index in [9.17, 15) is 0 Å². The summed E-state index contributed by atoms with van der Waals surface area (Å²) in [5.41, 5.74) is 1.49. The maximum absolute atomic E-state index is 6.37. The van der Waals surface area contributed by atoms with Crippen molar-refractivity contribution >= 4 is 11.3 Å². The predicted molar refractivity (Wildman–Crippen MR) is 92.1 cm³/mol. The van der Waals surface area contributed by atoms with Crippen LogP contribution < -0.4 is 5.32 Å². The van der Waals surface area contributed by atoms with E-state index in [2.05, 4.69) is 42.9 Å². The van der Waals surface area contributed by atoms with Crippen LogP contribution in [0, 0.1) is 5.92 Å². The zero-order valence-corrected chi connectivity index (χ0v) is 14.7. The molecule has 1 aromatic rings. The van der Waals surface area contributed by atoms with E-state index in [0.717, 1.165) is 25.5 Å². The first-order valence-electron chi connectivity index (χ1n) is 8.58. The summed E-state index contributed by atoms with van der Waals surface area (Å²) in [6, 6.07) is 2.70. The average molecular weight is 310 g/mol. The third kappa shape index (κ3) is 4.54. The van der Waals surface area contributed by atoms with Crippen LogP contribution in [0.2, 0.25) is 0 Å². The molecule has 0 spiro atoms. The quantitative estimate of drug-likeness (QED) is 0.755. The monoisotopic (exact) mass is 309 g/mol. The van der Waals surface area contributed by atoms with Crippen LogP contribution in [-0.4, -0.2) is 24.8 Å². The Hall–Kier alpha value is -0.380. The van der Waals surface area contributed by atoms with Crippen molar-refractivity contribution < 1.29 is 4.74 Å². The van der Waals surface area contributed by atoms with Crippen molar-refractivity contribution in [1.82, 2.24) is 5.32 Å². The van der Waals surface area contributed by atoms with Crippen molar-refractivity contribution in [3.8, 4) is 0 Å². The van der Waals surface area contributed by atoms with Crippen LogP contribution in [0.3, 0.4) is 0 Å². The lowest BCUT2D eigenvalue weighted by atomic mass is 9.74. The SMILES string of the molecule is CCCNC(Cc1ccsc1)C1(OCC)CCC(C)CC1. The van der Waals surface area contributed by atoms with E-state index in [1.807, 2.05) is 0 Å². The molecule has 2 rings (SSSR count). The molecule has 120 valence electrons. The van der Waals surface area contributed by atoms with E-state index in [1.54, 1.807) is 11.3 Å². The minimum atomic E-state index is 0.0400. The van der Waals surface area contributed by atoms with E-state index in [-0.39, 0.29) is 5.60 Å². The van der Waals surface area contributed by atoms with Crippen LogP contribution in [0.15, 0.2) is 16.8 Å². The van der Waals surface area contributed by atoms with Gasteiger partial charge < -0.3 is 10.1 Å². The van der Waals surface area contributed by atoms with Gasteiger partial charge in [-0.15, -0.1) is 0 Å². The number of hydrogen-bond acceptors (Lipinski definition) is 3. The number of ether oxygens (including phenoxy) is 1. The Morgan fingerprint density at radius 2 is 2.14 bits per heavy atom. The molecule has 1 N–H and O–H groups in total. The van der Waals surface area contributed by atoms with Gasteiger partial charge in [-0.2, -0.15) is 11.3 Å². The first-order chi connectivity index (χ1) is 10.2. The fraction of sp³-hybridized carbons (Fsp3) is 0.778. The molecule has 0 aromatic carbocycles. The van der Waals surface area contributed by atoms with Gasteiger partial charge in [0, 0.05) is 12.6 Å². The van der Waals surface area contributed by atoms with Crippen molar-refractivity contribution in [3.63, 3.8) is 0 Å². The van der Waals surface area contributed by atoms with Crippen LogP contribution in [0.5, 0.6) is 0 Å². The van der Waals surface area contributed by atoms with Crippen LogP contribution in [0.25, 0.3) is 0 Å². The molecular formula is C18H31NOS. The Bertz CT molecular complexity index is 382. The van der Waals surface area contributed by atoms with Gasteiger partial charge in [-0.05, 0) is 80.3 Å². The van der Waals surface area contributed by atoms with E-state index in [0.29, 0.717) is 6.04 Å². The van der Waals surface area contributed by atoms with Crippen LogP contribution >= 0.6 is 11.3 Å². The van der Waals surface area contributed by atoms with Gasteiger partial charge in [0.25, 0.3) is 0 Å².